The molecule has 0 saturated carbocycles. The third-order valence-corrected chi connectivity index (χ3v) is 5.97. The highest BCUT2D eigenvalue weighted by Gasteiger charge is 2.26. The van der Waals surface area contributed by atoms with Gasteiger partial charge < -0.3 is 21.1 Å². The standard InChI is InChI=1S/C23H35N5O/c1-5-17(6-2)26-18-11-13-28(14-12-18)23-21(22(24)25-16(4)29)15(3)19-9-7-8-10-20(19)27-23/h7-10,16-18,26,29H,5-6,11-14H2,1-4H3,(H2,24,25). The van der Waals surface area contributed by atoms with E-state index in [4.69, 9.17) is 10.7 Å². The van der Waals surface area contributed by atoms with E-state index < -0.39 is 6.23 Å². The summed E-state index contributed by atoms with van der Waals surface area (Å²) >= 11 is 0. The van der Waals surface area contributed by atoms with Crippen molar-refractivity contribution in [3.05, 3.63) is 35.4 Å². The normalized spacial score (nSPS) is 17.3. The van der Waals surface area contributed by atoms with Crippen molar-refractivity contribution in [3.63, 3.8) is 0 Å². The number of aliphatic hydroxyl groups is 1. The molecule has 1 aliphatic rings. The van der Waals surface area contributed by atoms with Gasteiger partial charge in [0.15, 0.2) is 0 Å². The molecule has 0 spiro atoms. The summed E-state index contributed by atoms with van der Waals surface area (Å²) in [7, 11) is 0. The number of nitrogens with two attached hydrogens (primary N) is 1. The van der Waals surface area contributed by atoms with E-state index >= 15 is 0 Å². The van der Waals surface area contributed by atoms with Gasteiger partial charge in [-0.3, -0.25) is 0 Å². The molecule has 0 amide bonds. The van der Waals surface area contributed by atoms with Crippen molar-refractivity contribution in [3.8, 4) is 0 Å². The number of aromatic nitrogens is 1. The lowest BCUT2D eigenvalue weighted by Gasteiger charge is -2.36. The number of hydrogen-bond donors (Lipinski definition) is 3. The van der Waals surface area contributed by atoms with Gasteiger partial charge in [0, 0.05) is 30.6 Å². The number of anilines is 1. The molecule has 0 aliphatic carbocycles. The summed E-state index contributed by atoms with van der Waals surface area (Å²) in [6, 6.07) is 9.27. The summed E-state index contributed by atoms with van der Waals surface area (Å²) in [6.45, 7) is 10.0. The Labute approximate surface area is 174 Å². The Morgan fingerprint density at radius 2 is 1.93 bits per heavy atom. The second-order valence-corrected chi connectivity index (χ2v) is 8.04. The molecule has 0 bridgehead atoms. The average Bonchev–Trinajstić information content (AvgIpc) is 2.71. The number of aryl methyl sites for hydroxylation is 1. The summed E-state index contributed by atoms with van der Waals surface area (Å²) in [5.74, 6) is 1.23. The molecule has 2 heterocycles. The van der Waals surface area contributed by atoms with E-state index in [1.54, 1.807) is 6.92 Å². The number of fused-ring (bicyclic) bond motifs is 1. The van der Waals surface area contributed by atoms with E-state index in [1.807, 2.05) is 18.2 Å². The molecule has 1 aromatic carbocycles. The number of nitrogens with zero attached hydrogens (tertiary/aromatic N) is 3. The van der Waals surface area contributed by atoms with Gasteiger partial charge in [-0.1, -0.05) is 32.0 Å². The van der Waals surface area contributed by atoms with Gasteiger partial charge in [0.1, 0.15) is 17.9 Å². The third kappa shape index (κ3) is 4.87. The van der Waals surface area contributed by atoms with Crippen molar-refractivity contribution < 1.29 is 5.11 Å². The zero-order valence-electron chi connectivity index (χ0n) is 18.2. The van der Waals surface area contributed by atoms with Gasteiger partial charge in [0.25, 0.3) is 0 Å². The summed E-state index contributed by atoms with van der Waals surface area (Å²) in [5.41, 5.74) is 9.20. The van der Waals surface area contributed by atoms with Crippen molar-refractivity contribution in [2.75, 3.05) is 18.0 Å². The number of aliphatic imine (C=N–C) groups is 1. The van der Waals surface area contributed by atoms with E-state index in [0.717, 1.165) is 53.8 Å². The second-order valence-electron chi connectivity index (χ2n) is 8.04. The van der Waals surface area contributed by atoms with Crippen LogP contribution in [-0.2, 0) is 0 Å². The molecule has 158 valence electrons. The summed E-state index contributed by atoms with van der Waals surface area (Å²) in [5, 5.41) is 14.6. The second kappa shape index (κ2) is 9.55. The topological polar surface area (TPSA) is 86.8 Å². The first kappa shape index (κ1) is 21.5. The number of rotatable bonds is 7. The first-order chi connectivity index (χ1) is 13.9. The van der Waals surface area contributed by atoms with Crippen molar-refractivity contribution >= 4 is 22.6 Å². The third-order valence-electron chi connectivity index (χ3n) is 5.97. The zero-order valence-corrected chi connectivity index (χ0v) is 18.2. The Bertz CT molecular complexity index is 852. The number of benzene rings is 1. The van der Waals surface area contributed by atoms with Crippen molar-refractivity contribution in [1.82, 2.24) is 10.3 Å². The SMILES string of the molecule is CCC(CC)NC1CCN(c2nc3ccccc3c(C)c2C(N)=NC(C)O)CC1. The maximum absolute atomic E-state index is 9.75. The number of aliphatic hydroxyl groups excluding tert-OH is 1. The fraction of sp³-hybridized carbons (Fsp3) is 0.565. The number of hydrogen-bond acceptors (Lipinski definition) is 5. The predicted octanol–water partition coefficient (Wildman–Crippen LogP) is 3.33. The lowest BCUT2D eigenvalue weighted by Crippen LogP contribution is -2.46. The first-order valence-electron chi connectivity index (χ1n) is 10.9. The van der Waals surface area contributed by atoms with E-state index in [-0.39, 0.29) is 0 Å². The Balaban J connectivity index is 1.92. The number of nitrogens with one attached hydrogen (secondary N) is 1. The Hall–Kier alpha value is -2.18. The van der Waals surface area contributed by atoms with Gasteiger partial charge in [-0.05, 0) is 51.2 Å². The summed E-state index contributed by atoms with van der Waals surface area (Å²) in [4.78, 5) is 11.5. The molecule has 1 atom stereocenters. The van der Waals surface area contributed by atoms with Crippen molar-refractivity contribution in [2.24, 2.45) is 10.7 Å². The highest BCUT2D eigenvalue weighted by atomic mass is 16.3. The zero-order chi connectivity index (χ0) is 21.0. The van der Waals surface area contributed by atoms with Crippen molar-refractivity contribution in [1.29, 1.82) is 0 Å². The van der Waals surface area contributed by atoms with Crippen LogP contribution in [0, 0.1) is 6.92 Å². The molecule has 4 N–H and O–H groups in total. The minimum Gasteiger partial charge on any atom is -0.383 e. The van der Waals surface area contributed by atoms with Crippen LogP contribution in [0.2, 0.25) is 0 Å². The average molecular weight is 398 g/mol. The minimum absolute atomic E-state index is 0.350. The van der Waals surface area contributed by atoms with Crippen LogP contribution in [0.25, 0.3) is 10.9 Å². The number of pyridine rings is 1. The molecule has 2 aromatic rings. The maximum Gasteiger partial charge on any atom is 0.144 e. The van der Waals surface area contributed by atoms with Crippen LogP contribution in [0.3, 0.4) is 0 Å². The van der Waals surface area contributed by atoms with Crippen LogP contribution in [0.1, 0.15) is 57.6 Å². The molecule has 1 aromatic heterocycles. The van der Waals surface area contributed by atoms with Gasteiger partial charge in [0.05, 0.1) is 11.1 Å². The molecule has 0 radical (unpaired) electrons. The monoisotopic (exact) mass is 397 g/mol. The molecule has 6 nitrogen and oxygen atoms in total. The summed E-state index contributed by atoms with van der Waals surface area (Å²) < 4.78 is 0. The highest BCUT2D eigenvalue weighted by molar-refractivity contribution is 6.07. The van der Waals surface area contributed by atoms with Crippen molar-refractivity contribution in [2.45, 2.75) is 71.7 Å². The van der Waals surface area contributed by atoms with Gasteiger partial charge in [-0.2, -0.15) is 0 Å². The molecule has 1 fully saturated rings. The Kier molecular flexibility index (Phi) is 7.09. The maximum atomic E-state index is 9.75. The molecule has 29 heavy (non-hydrogen) atoms. The fourth-order valence-electron chi connectivity index (χ4n) is 4.28. The number of para-hydroxylation sites is 1. The molecule has 6 heteroatoms. The predicted molar refractivity (Wildman–Crippen MR) is 122 cm³/mol. The molecule has 1 unspecified atom stereocenters. The van der Waals surface area contributed by atoms with E-state index in [0.29, 0.717) is 17.9 Å². The molecule has 1 aliphatic heterocycles. The first-order valence-corrected chi connectivity index (χ1v) is 10.9. The van der Waals surface area contributed by atoms with Crippen LogP contribution < -0.4 is 16.0 Å². The van der Waals surface area contributed by atoms with Gasteiger partial charge in [-0.25, -0.2) is 9.98 Å². The molecular weight excluding hydrogens is 362 g/mol. The Morgan fingerprint density at radius 1 is 1.28 bits per heavy atom. The van der Waals surface area contributed by atoms with Crippen LogP contribution >= 0.6 is 0 Å². The lowest BCUT2D eigenvalue weighted by atomic mass is 9.99. The van der Waals surface area contributed by atoms with E-state index in [2.05, 4.69) is 42.0 Å². The number of amidine groups is 1. The molecule has 1 saturated heterocycles. The van der Waals surface area contributed by atoms with E-state index in [9.17, 15) is 5.11 Å². The smallest absolute Gasteiger partial charge is 0.144 e. The number of piperidine rings is 1. The van der Waals surface area contributed by atoms with E-state index in [1.165, 1.54) is 12.8 Å². The lowest BCUT2D eigenvalue weighted by molar-refractivity contribution is 0.205. The Morgan fingerprint density at radius 3 is 2.55 bits per heavy atom. The largest absolute Gasteiger partial charge is 0.383 e. The highest BCUT2D eigenvalue weighted by Crippen LogP contribution is 2.30. The fourth-order valence-corrected chi connectivity index (χ4v) is 4.28. The minimum atomic E-state index is -0.844. The molecular formula is C23H35N5O. The van der Waals surface area contributed by atoms with Crippen LogP contribution in [0.15, 0.2) is 29.3 Å². The van der Waals surface area contributed by atoms with Crippen LogP contribution in [-0.4, -0.2) is 47.3 Å². The quantitative estimate of drug-likeness (QED) is 0.493. The van der Waals surface area contributed by atoms with Gasteiger partial charge in [0.2, 0.25) is 0 Å². The van der Waals surface area contributed by atoms with Gasteiger partial charge >= 0.3 is 0 Å². The molecule has 3 rings (SSSR count). The summed E-state index contributed by atoms with van der Waals surface area (Å²) in [6.07, 6.45) is 3.65. The van der Waals surface area contributed by atoms with Gasteiger partial charge in [-0.15, -0.1) is 0 Å². The van der Waals surface area contributed by atoms with Crippen LogP contribution in [0.4, 0.5) is 5.82 Å². The van der Waals surface area contributed by atoms with Crippen LogP contribution in [0.5, 0.6) is 0 Å².